The van der Waals surface area contributed by atoms with E-state index >= 15 is 0 Å². The van der Waals surface area contributed by atoms with Crippen LogP contribution in [0.15, 0.2) is 30.5 Å². The van der Waals surface area contributed by atoms with Crippen molar-refractivity contribution in [3.63, 3.8) is 0 Å². The molecule has 9 nitrogen and oxygen atoms in total. The molecule has 0 aliphatic carbocycles. The molecule has 10 heteroatoms. The van der Waals surface area contributed by atoms with Crippen LogP contribution in [0.2, 0.25) is 5.02 Å². The predicted octanol–water partition coefficient (Wildman–Crippen LogP) is 1.92. The zero-order chi connectivity index (χ0) is 23.8. The van der Waals surface area contributed by atoms with Gasteiger partial charge in [0.2, 0.25) is 5.82 Å². The van der Waals surface area contributed by atoms with Gasteiger partial charge in [-0.25, -0.2) is 4.98 Å². The van der Waals surface area contributed by atoms with Crippen LogP contribution in [0.4, 0.5) is 5.82 Å². The van der Waals surface area contributed by atoms with Crippen LogP contribution in [0.5, 0.6) is 0 Å². The maximum Gasteiger partial charge on any atom is 0.269 e. The number of aromatic nitrogens is 2. The monoisotopic (exact) mass is 471 g/mol. The Morgan fingerprint density at radius 3 is 2.70 bits per heavy atom. The van der Waals surface area contributed by atoms with Gasteiger partial charge in [-0.15, -0.1) is 0 Å². The summed E-state index contributed by atoms with van der Waals surface area (Å²) in [5.41, 5.74) is 4.48. The Kier molecular flexibility index (Phi) is 8.97. The molecule has 0 radical (unpaired) electrons. The summed E-state index contributed by atoms with van der Waals surface area (Å²) >= 11 is 6.27. The van der Waals surface area contributed by atoms with Crippen molar-refractivity contribution in [2.24, 2.45) is 5.92 Å². The van der Waals surface area contributed by atoms with Crippen molar-refractivity contribution in [1.82, 2.24) is 25.2 Å². The van der Waals surface area contributed by atoms with E-state index in [1.807, 2.05) is 38.1 Å². The van der Waals surface area contributed by atoms with Crippen molar-refractivity contribution >= 4 is 23.3 Å². The molecule has 0 unspecified atom stereocenters. The van der Waals surface area contributed by atoms with Gasteiger partial charge in [0.15, 0.2) is 5.82 Å². The molecule has 2 heterocycles. The van der Waals surface area contributed by atoms with Crippen LogP contribution < -0.4 is 10.4 Å². The third-order valence-corrected chi connectivity index (χ3v) is 5.61. The van der Waals surface area contributed by atoms with Gasteiger partial charge in [-0.3, -0.25) is 25.0 Å². The largest absolute Gasteiger partial charge is 0.395 e. The number of anilines is 1. The quantitative estimate of drug-likeness (QED) is 0.534. The molecule has 3 rings (SSSR count). The summed E-state index contributed by atoms with van der Waals surface area (Å²) < 4.78 is 0. The Morgan fingerprint density at radius 1 is 1.30 bits per heavy atom. The molecule has 176 valence electrons. The lowest BCUT2D eigenvalue weighted by Crippen LogP contribution is -2.46. The number of hydrogen-bond donors (Lipinski definition) is 2. The van der Waals surface area contributed by atoms with Crippen LogP contribution >= 0.6 is 11.6 Å². The Labute approximate surface area is 199 Å². The van der Waals surface area contributed by atoms with E-state index in [0.29, 0.717) is 24.5 Å². The molecular formula is C23H30ClN7O2. The highest BCUT2D eigenvalue weighted by Crippen LogP contribution is 2.22. The SMILES string of the molecule is CC(C)CN(NC(=O)c1cccc(CN2CCN(CCO)CC2)c1)c1nc(C#N)ncc1Cl. The fourth-order valence-electron chi connectivity index (χ4n) is 3.72. The van der Waals surface area contributed by atoms with Gasteiger partial charge >= 0.3 is 0 Å². The van der Waals surface area contributed by atoms with E-state index in [4.69, 9.17) is 22.0 Å². The third kappa shape index (κ3) is 7.11. The molecule has 0 saturated carbocycles. The number of hydrazine groups is 1. The van der Waals surface area contributed by atoms with Crippen LogP contribution in [0, 0.1) is 17.2 Å². The highest BCUT2D eigenvalue weighted by Gasteiger charge is 2.20. The maximum atomic E-state index is 13.1. The lowest BCUT2D eigenvalue weighted by atomic mass is 10.1. The molecular weight excluding hydrogens is 442 g/mol. The van der Waals surface area contributed by atoms with Crippen LogP contribution in [0.3, 0.4) is 0 Å². The van der Waals surface area contributed by atoms with Crippen molar-refractivity contribution in [1.29, 1.82) is 5.26 Å². The van der Waals surface area contributed by atoms with Gasteiger partial charge < -0.3 is 5.11 Å². The number of amides is 1. The zero-order valence-electron chi connectivity index (χ0n) is 19.0. The number of carbonyl (C=O) groups excluding carboxylic acids is 1. The standard InChI is InChI=1S/C23H30ClN7O2/c1-17(2)15-31(22-20(24)14-26-21(13-25)27-22)28-23(33)19-5-3-4-18(12-19)16-30-8-6-29(7-9-30)10-11-32/h3-5,12,14,17,32H,6-11,15-16H2,1-2H3,(H,28,33). The van der Waals surface area contributed by atoms with E-state index in [0.717, 1.165) is 38.3 Å². The number of aliphatic hydroxyl groups excluding tert-OH is 1. The first-order valence-corrected chi connectivity index (χ1v) is 11.4. The van der Waals surface area contributed by atoms with E-state index in [-0.39, 0.29) is 29.3 Å². The molecule has 1 aliphatic heterocycles. The van der Waals surface area contributed by atoms with E-state index in [1.165, 1.54) is 6.20 Å². The molecule has 1 aromatic carbocycles. The number of hydrogen-bond acceptors (Lipinski definition) is 8. The summed E-state index contributed by atoms with van der Waals surface area (Å²) in [5.74, 6) is 0.205. The van der Waals surface area contributed by atoms with Gasteiger partial charge in [-0.05, 0) is 23.6 Å². The molecule has 33 heavy (non-hydrogen) atoms. The Hall–Kier alpha value is -2.77. The van der Waals surface area contributed by atoms with Gasteiger partial charge in [0.25, 0.3) is 5.91 Å². The maximum absolute atomic E-state index is 13.1. The zero-order valence-corrected chi connectivity index (χ0v) is 19.8. The number of rotatable bonds is 9. The molecule has 1 saturated heterocycles. The molecule has 1 aromatic heterocycles. The number of halogens is 1. The number of benzene rings is 1. The molecule has 1 fully saturated rings. The highest BCUT2D eigenvalue weighted by atomic mass is 35.5. The predicted molar refractivity (Wildman–Crippen MR) is 127 cm³/mol. The Bertz CT molecular complexity index is 987. The minimum absolute atomic E-state index is 0.0153. The smallest absolute Gasteiger partial charge is 0.269 e. The first kappa shape index (κ1) is 24.9. The van der Waals surface area contributed by atoms with Crippen LogP contribution in [-0.2, 0) is 6.54 Å². The molecule has 0 bridgehead atoms. The molecule has 2 N–H and O–H groups in total. The van der Waals surface area contributed by atoms with E-state index in [2.05, 4.69) is 25.2 Å². The van der Waals surface area contributed by atoms with Gasteiger partial charge in [0, 0.05) is 51.4 Å². The van der Waals surface area contributed by atoms with Crippen LogP contribution in [-0.4, -0.2) is 76.7 Å². The topological polar surface area (TPSA) is 109 Å². The second-order valence-corrected chi connectivity index (χ2v) is 8.87. The minimum atomic E-state index is -0.279. The summed E-state index contributed by atoms with van der Waals surface area (Å²) in [6, 6.07) is 9.47. The van der Waals surface area contributed by atoms with Crippen LogP contribution in [0.1, 0.15) is 35.6 Å². The Balaban J connectivity index is 1.70. The summed E-state index contributed by atoms with van der Waals surface area (Å²) in [6.45, 7) is 9.84. The minimum Gasteiger partial charge on any atom is -0.395 e. The third-order valence-electron chi connectivity index (χ3n) is 5.34. The summed E-state index contributed by atoms with van der Waals surface area (Å²) in [5, 5.41) is 20.1. The first-order chi connectivity index (χ1) is 15.9. The number of aliphatic hydroxyl groups is 1. The van der Waals surface area contributed by atoms with E-state index in [1.54, 1.807) is 11.1 Å². The lowest BCUT2D eigenvalue weighted by molar-refractivity contribution is 0.0946. The second kappa shape index (κ2) is 11.9. The molecule has 0 atom stereocenters. The summed E-state index contributed by atoms with van der Waals surface area (Å²) in [7, 11) is 0. The normalized spacial score (nSPS) is 14.8. The second-order valence-electron chi connectivity index (χ2n) is 8.46. The molecule has 1 amide bonds. The number of piperazine rings is 1. The van der Waals surface area contributed by atoms with Gasteiger partial charge in [0.1, 0.15) is 11.1 Å². The number of nitrogens with one attached hydrogen (secondary N) is 1. The number of carbonyl (C=O) groups is 1. The molecule has 0 spiro atoms. The number of β-amino-alcohol motifs (C(OH)–C–C–N with tert-alkyl or cyclic N) is 1. The Morgan fingerprint density at radius 2 is 2.03 bits per heavy atom. The van der Waals surface area contributed by atoms with Crippen molar-refractivity contribution in [2.45, 2.75) is 20.4 Å². The van der Waals surface area contributed by atoms with Crippen molar-refractivity contribution in [2.75, 3.05) is 50.9 Å². The fourth-order valence-corrected chi connectivity index (χ4v) is 3.91. The fraction of sp³-hybridized carbons (Fsp3) is 0.478. The highest BCUT2D eigenvalue weighted by molar-refractivity contribution is 6.32. The van der Waals surface area contributed by atoms with E-state index < -0.39 is 0 Å². The van der Waals surface area contributed by atoms with Crippen molar-refractivity contribution in [3.05, 3.63) is 52.4 Å². The van der Waals surface area contributed by atoms with Crippen molar-refractivity contribution in [3.8, 4) is 6.07 Å². The van der Waals surface area contributed by atoms with Gasteiger partial charge in [0.05, 0.1) is 12.8 Å². The summed E-state index contributed by atoms with van der Waals surface area (Å²) in [4.78, 5) is 25.7. The van der Waals surface area contributed by atoms with Crippen molar-refractivity contribution < 1.29 is 9.90 Å². The van der Waals surface area contributed by atoms with Gasteiger partial charge in [-0.1, -0.05) is 37.6 Å². The number of nitrogens with zero attached hydrogens (tertiary/aromatic N) is 6. The van der Waals surface area contributed by atoms with Gasteiger partial charge in [-0.2, -0.15) is 10.2 Å². The molecule has 2 aromatic rings. The lowest BCUT2D eigenvalue weighted by Gasteiger charge is -2.34. The summed E-state index contributed by atoms with van der Waals surface area (Å²) in [6.07, 6.45) is 1.36. The average Bonchev–Trinajstić information content (AvgIpc) is 2.80. The first-order valence-electron chi connectivity index (χ1n) is 11.0. The molecule has 1 aliphatic rings. The number of nitriles is 1. The van der Waals surface area contributed by atoms with Crippen LogP contribution in [0.25, 0.3) is 0 Å². The van der Waals surface area contributed by atoms with E-state index in [9.17, 15) is 4.79 Å². The average molecular weight is 472 g/mol.